The van der Waals surface area contributed by atoms with Crippen LogP contribution in [0.25, 0.3) is 0 Å². The number of ether oxygens (including phenoxy) is 1. The van der Waals surface area contributed by atoms with Crippen molar-refractivity contribution in [3.8, 4) is 0 Å². The fourth-order valence-electron chi connectivity index (χ4n) is 3.30. The second-order valence-electron chi connectivity index (χ2n) is 6.45. The topological polar surface area (TPSA) is 57.2 Å². The molecular weight excluding hydrogens is 342 g/mol. The third-order valence-electron chi connectivity index (χ3n) is 4.75. The van der Waals surface area contributed by atoms with Crippen LogP contribution in [-0.4, -0.2) is 67.6 Å². The first-order chi connectivity index (χ1) is 12.6. The molecule has 3 rings (SSSR count). The smallest absolute Gasteiger partial charge is 0.251 e. The summed E-state index contributed by atoms with van der Waals surface area (Å²) in [5.41, 5.74) is 0.248. The van der Waals surface area contributed by atoms with Gasteiger partial charge in [0.1, 0.15) is 17.7 Å². The van der Waals surface area contributed by atoms with Crippen molar-refractivity contribution in [1.29, 1.82) is 0 Å². The molecule has 2 heterocycles. The number of amides is 1. The lowest BCUT2D eigenvalue weighted by Crippen LogP contribution is -2.55. The second kappa shape index (κ2) is 8.44. The maximum atomic E-state index is 13.7. The van der Waals surface area contributed by atoms with Crippen LogP contribution in [-0.2, 0) is 16.1 Å². The van der Waals surface area contributed by atoms with E-state index in [-0.39, 0.29) is 24.1 Å². The molecule has 26 heavy (non-hydrogen) atoms. The van der Waals surface area contributed by atoms with Gasteiger partial charge in [0.2, 0.25) is 0 Å². The Kier molecular flexibility index (Phi) is 6.03. The molecule has 8 heteroatoms. The van der Waals surface area contributed by atoms with Crippen molar-refractivity contribution >= 4 is 11.9 Å². The first-order valence-electron chi connectivity index (χ1n) is 8.88. The monoisotopic (exact) mass is 366 g/mol. The van der Waals surface area contributed by atoms with Gasteiger partial charge in [-0.2, -0.15) is 0 Å². The van der Waals surface area contributed by atoms with E-state index >= 15 is 0 Å². The van der Waals surface area contributed by atoms with Gasteiger partial charge < -0.3 is 19.9 Å². The Balaban J connectivity index is 1.52. The van der Waals surface area contributed by atoms with Gasteiger partial charge in [-0.05, 0) is 31.0 Å². The Morgan fingerprint density at radius 3 is 2.65 bits per heavy atom. The van der Waals surface area contributed by atoms with Crippen molar-refractivity contribution in [3.05, 3.63) is 35.4 Å². The Hall–Kier alpha value is -2.22. The van der Waals surface area contributed by atoms with Crippen LogP contribution in [0.3, 0.4) is 0 Å². The number of aliphatic imine (C=N–C) groups is 1. The predicted molar refractivity (Wildman–Crippen MR) is 93.7 cm³/mol. The van der Waals surface area contributed by atoms with Gasteiger partial charge in [0, 0.05) is 51.9 Å². The van der Waals surface area contributed by atoms with Gasteiger partial charge in [0.25, 0.3) is 5.91 Å². The molecular formula is C18H24F2N4O2. The Morgan fingerprint density at radius 1 is 1.27 bits per heavy atom. The van der Waals surface area contributed by atoms with Crippen molar-refractivity contribution in [2.24, 2.45) is 4.99 Å². The summed E-state index contributed by atoms with van der Waals surface area (Å²) in [6.07, 6.45) is 1.43. The number of hydrogen-bond acceptors (Lipinski definition) is 3. The van der Waals surface area contributed by atoms with Gasteiger partial charge in [-0.1, -0.05) is 0 Å². The van der Waals surface area contributed by atoms with Crippen molar-refractivity contribution < 1.29 is 18.3 Å². The fraction of sp³-hybridized carbons (Fsp3) is 0.556. The third kappa shape index (κ3) is 4.30. The molecule has 0 aliphatic carbocycles. The average Bonchev–Trinajstić information content (AvgIpc) is 3.19. The number of rotatable bonds is 3. The van der Waals surface area contributed by atoms with E-state index in [2.05, 4.69) is 10.3 Å². The molecule has 1 aromatic rings. The SMILES string of the molecule is CN=C(NCc1cc(F)ccc1F)N1CCN(C(=O)C2CCCO2)CC1. The summed E-state index contributed by atoms with van der Waals surface area (Å²) in [4.78, 5) is 20.4. The number of guanidine groups is 1. The van der Waals surface area contributed by atoms with E-state index in [1.165, 1.54) is 6.07 Å². The summed E-state index contributed by atoms with van der Waals surface area (Å²) in [6, 6.07) is 3.39. The summed E-state index contributed by atoms with van der Waals surface area (Å²) in [6.45, 7) is 3.24. The molecule has 6 nitrogen and oxygen atoms in total. The Bertz CT molecular complexity index is 669. The predicted octanol–water partition coefficient (Wildman–Crippen LogP) is 1.36. The van der Waals surface area contributed by atoms with Gasteiger partial charge in [-0.3, -0.25) is 9.79 Å². The minimum absolute atomic E-state index is 0.0620. The maximum absolute atomic E-state index is 13.7. The van der Waals surface area contributed by atoms with Crippen molar-refractivity contribution in [3.63, 3.8) is 0 Å². The first kappa shape index (κ1) is 18.6. The normalized spacial score (nSPS) is 21.2. The van der Waals surface area contributed by atoms with Gasteiger partial charge >= 0.3 is 0 Å². The zero-order valence-corrected chi connectivity index (χ0v) is 14.9. The van der Waals surface area contributed by atoms with E-state index < -0.39 is 11.6 Å². The Labute approximate surface area is 151 Å². The highest BCUT2D eigenvalue weighted by atomic mass is 19.1. The van der Waals surface area contributed by atoms with E-state index in [1.807, 2.05) is 9.80 Å². The molecule has 1 atom stereocenters. The molecule has 0 aromatic heterocycles. The second-order valence-corrected chi connectivity index (χ2v) is 6.45. The largest absolute Gasteiger partial charge is 0.368 e. The lowest BCUT2D eigenvalue weighted by molar-refractivity contribution is -0.142. The molecule has 1 unspecified atom stereocenters. The summed E-state index contributed by atoms with van der Waals surface area (Å²) in [5, 5.41) is 3.06. The lowest BCUT2D eigenvalue weighted by atomic mass is 10.2. The highest BCUT2D eigenvalue weighted by molar-refractivity contribution is 5.82. The molecule has 1 aromatic carbocycles. The summed E-state index contributed by atoms with van der Waals surface area (Å²) in [7, 11) is 1.65. The number of hydrogen-bond donors (Lipinski definition) is 1. The van der Waals surface area contributed by atoms with Crippen molar-refractivity contribution in [2.75, 3.05) is 39.8 Å². The maximum Gasteiger partial charge on any atom is 0.251 e. The molecule has 0 saturated carbocycles. The van der Waals surface area contributed by atoms with Crippen LogP contribution < -0.4 is 5.32 Å². The molecule has 142 valence electrons. The molecule has 0 spiro atoms. The average molecular weight is 366 g/mol. The van der Waals surface area contributed by atoms with Crippen LogP contribution in [0.2, 0.25) is 0 Å². The summed E-state index contributed by atoms with van der Waals surface area (Å²) in [5.74, 6) is -0.259. The van der Waals surface area contributed by atoms with Crippen LogP contribution in [0.5, 0.6) is 0 Å². The number of piperazine rings is 1. The van der Waals surface area contributed by atoms with Gasteiger partial charge in [-0.25, -0.2) is 8.78 Å². The zero-order chi connectivity index (χ0) is 18.5. The molecule has 0 radical (unpaired) electrons. The van der Waals surface area contributed by atoms with Gasteiger partial charge in [-0.15, -0.1) is 0 Å². The first-order valence-corrected chi connectivity index (χ1v) is 8.88. The number of carbonyl (C=O) groups excluding carboxylic acids is 1. The van der Waals surface area contributed by atoms with Crippen LogP contribution in [0.15, 0.2) is 23.2 Å². The number of carbonyl (C=O) groups is 1. The molecule has 2 aliphatic rings. The summed E-state index contributed by atoms with van der Waals surface area (Å²) < 4.78 is 32.5. The quantitative estimate of drug-likeness (QED) is 0.648. The zero-order valence-electron chi connectivity index (χ0n) is 14.9. The van der Waals surface area contributed by atoms with E-state index in [4.69, 9.17) is 4.74 Å². The minimum Gasteiger partial charge on any atom is -0.368 e. The van der Waals surface area contributed by atoms with E-state index in [9.17, 15) is 13.6 Å². The molecule has 1 amide bonds. The number of nitrogens with one attached hydrogen (secondary N) is 1. The Morgan fingerprint density at radius 2 is 2.00 bits per heavy atom. The van der Waals surface area contributed by atoms with Crippen LogP contribution >= 0.6 is 0 Å². The number of nitrogens with zero attached hydrogens (tertiary/aromatic N) is 3. The van der Waals surface area contributed by atoms with Crippen molar-refractivity contribution in [2.45, 2.75) is 25.5 Å². The highest BCUT2D eigenvalue weighted by Gasteiger charge is 2.30. The van der Waals surface area contributed by atoms with Crippen molar-refractivity contribution in [1.82, 2.24) is 15.1 Å². The highest BCUT2D eigenvalue weighted by Crippen LogP contribution is 2.16. The van der Waals surface area contributed by atoms with Crippen LogP contribution in [0.4, 0.5) is 8.78 Å². The standard InChI is InChI=1S/C18H24F2N4O2/c1-21-18(22-12-13-11-14(19)4-5-15(13)20)24-8-6-23(7-9-24)17(25)16-3-2-10-26-16/h4-5,11,16H,2-3,6-10,12H2,1H3,(H,21,22). The fourth-order valence-corrected chi connectivity index (χ4v) is 3.30. The molecule has 1 N–H and O–H groups in total. The lowest BCUT2D eigenvalue weighted by Gasteiger charge is -2.37. The van der Waals surface area contributed by atoms with Gasteiger partial charge in [0.05, 0.1) is 0 Å². The number of halogens is 2. The minimum atomic E-state index is -0.473. The third-order valence-corrected chi connectivity index (χ3v) is 4.75. The molecule has 2 aliphatic heterocycles. The van der Waals surface area contributed by atoms with Gasteiger partial charge in [0.15, 0.2) is 5.96 Å². The van der Waals surface area contributed by atoms with E-state index in [1.54, 1.807) is 7.05 Å². The van der Waals surface area contributed by atoms with E-state index in [0.29, 0.717) is 38.7 Å². The summed E-state index contributed by atoms with van der Waals surface area (Å²) >= 11 is 0. The number of benzene rings is 1. The molecule has 2 saturated heterocycles. The van der Waals surface area contributed by atoms with Crippen LogP contribution in [0, 0.1) is 11.6 Å². The molecule has 2 fully saturated rings. The van der Waals surface area contributed by atoms with E-state index in [0.717, 1.165) is 25.0 Å². The van der Waals surface area contributed by atoms with Crippen LogP contribution in [0.1, 0.15) is 18.4 Å². The molecule has 0 bridgehead atoms.